The van der Waals surface area contributed by atoms with Crippen LogP contribution in [-0.2, 0) is 6.54 Å². The molecule has 24 heavy (non-hydrogen) atoms. The van der Waals surface area contributed by atoms with Gasteiger partial charge in [0.25, 0.3) is 0 Å². The molecule has 0 saturated carbocycles. The van der Waals surface area contributed by atoms with Crippen LogP contribution in [-0.4, -0.2) is 24.9 Å². The molecule has 0 aromatic heterocycles. The molecule has 130 valence electrons. The van der Waals surface area contributed by atoms with Crippen molar-refractivity contribution in [2.75, 3.05) is 19.8 Å². The minimum Gasteiger partial charge on any atom is -0.490 e. The lowest BCUT2D eigenvalue weighted by Crippen LogP contribution is -2.18. The molecule has 2 aromatic rings. The lowest BCUT2D eigenvalue weighted by Gasteiger charge is -2.17. The van der Waals surface area contributed by atoms with Crippen LogP contribution < -0.4 is 14.8 Å². The fraction of sp³-hybridized carbons (Fsp3) is 0.368. The van der Waals surface area contributed by atoms with Gasteiger partial charge in [-0.05, 0) is 37.1 Å². The smallest absolute Gasteiger partial charge is 0.162 e. The maximum Gasteiger partial charge on any atom is 0.162 e. The molecular weight excluding hydrogens is 370 g/mol. The molecule has 0 aliphatic rings. The molecule has 5 heteroatoms. The van der Waals surface area contributed by atoms with E-state index in [1.165, 1.54) is 5.56 Å². The van der Waals surface area contributed by atoms with Gasteiger partial charge in [-0.3, -0.25) is 0 Å². The van der Waals surface area contributed by atoms with Gasteiger partial charge in [0.15, 0.2) is 11.5 Å². The molecule has 0 spiro atoms. The molecule has 2 N–H and O–H groups in total. The van der Waals surface area contributed by atoms with E-state index in [-0.39, 0.29) is 19.3 Å². The van der Waals surface area contributed by atoms with Crippen molar-refractivity contribution in [1.82, 2.24) is 5.32 Å². The third kappa shape index (κ3) is 5.23. The molecule has 0 heterocycles. The average Bonchev–Trinajstić information content (AvgIpc) is 2.61. The van der Waals surface area contributed by atoms with Gasteiger partial charge in [-0.25, -0.2) is 0 Å². The molecule has 4 nitrogen and oxygen atoms in total. The number of hydrogen-bond acceptors (Lipinski definition) is 4. The van der Waals surface area contributed by atoms with Gasteiger partial charge in [0.1, 0.15) is 6.61 Å². The van der Waals surface area contributed by atoms with E-state index >= 15 is 0 Å². The first kappa shape index (κ1) is 18.8. The zero-order valence-electron chi connectivity index (χ0n) is 14.1. The van der Waals surface area contributed by atoms with Crippen LogP contribution >= 0.6 is 15.9 Å². The predicted octanol–water partition coefficient (Wildman–Crippen LogP) is 4.07. The van der Waals surface area contributed by atoms with Crippen LogP contribution in [0, 0.1) is 0 Å². The summed E-state index contributed by atoms with van der Waals surface area (Å²) >= 11 is 3.59. The lowest BCUT2D eigenvalue weighted by atomic mass is 10.1. The van der Waals surface area contributed by atoms with Crippen LogP contribution in [0.25, 0.3) is 0 Å². The zero-order chi connectivity index (χ0) is 17.4. The molecule has 0 amide bonds. The van der Waals surface area contributed by atoms with Crippen LogP contribution in [0.3, 0.4) is 0 Å². The molecule has 0 aliphatic heterocycles. The Kier molecular flexibility index (Phi) is 7.56. The molecular formula is C19H24BrNO3. The summed E-state index contributed by atoms with van der Waals surface area (Å²) in [6.45, 7) is 5.57. The van der Waals surface area contributed by atoms with Crippen LogP contribution in [0.15, 0.2) is 46.9 Å². The summed E-state index contributed by atoms with van der Waals surface area (Å²) in [5.41, 5.74) is 2.35. The summed E-state index contributed by atoms with van der Waals surface area (Å²) in [6, 6.07) is 14.5. The van der Waals surface area contributed by atoms with Gasteiger partial charge < -0.3 is 19.9 Å². The largest absolute Gasteiger partial charge is 0.490 e. The summed E-state index contributed by atoms with van der Waals surface area (Å²) in [5.74, 6) is 1.33. The number of benzene rings is 2. The van der Waals surface area contributed by atoms with Crippen molar-refractivity contribution in [3.63, 3.8) is 0 Å². The average molecular weight is 394 g/mol. The van der Waals surface area contributed by atoms with Crippen molar-refractivity contribution < 1.29 is 14.6 Å². The summed E-state index contributed by atoms with van der Waals surface area (Å²) in [4.78, 5) is 0. The van der Waals surface area contributed by atoms with Gasteiger partial charge in [-0.2, -0.15) is 0 Å². The third-order valence-corrected chi connectivity index (χ3v) is 4.40. The van der Waals surface area contributed by atoms with E-state index in [0.717, 1.165) is 10.0 Å². The molecule has 0 unspecified atom stereocenters. The molecule has 0 fully saturated rings. The van der Waals surface area contributed by atoms with E-state index < -0.39 is 0 Å². The van der Waals surface area contributed by atoms with Crippen LogP contribution in [0.2, 0.25) is 0 Å². The molecule has 0 saturated heterocycles. The molecule has 1 atom stereocenters. The van der Waals surface area contributed by atoms with Gasteiger partial charge in [0.05, 0.1) is 13.2 Å². The van der Waals surface area contributed by atoms with E-state index in [2.05, 4.69) is 40.3 Å². The summed E-state index contributed by atoms with van der Waals surface area (Å²) in [7, 11) is 0. The van der Waals surface area contributed by atoms with Crippen LogP contribution in [0.1, 0.15) is 31.0 Å². The Morgan fingerprint density at radius 2 is 1.83 bits per heavy atom. The SMILES string of the molecule is CCOc1cc(CN[C@@H](C)c2ccccc2)c(Br)cc1OCCO. The van der Waals surface area contributed by atoms with E-state index in [0.29, 0.717) is 24.7 Å². The van der Waals surface area contributed by atoms with Crippen molar-refractivity contribution in [1.29, 1.82) is 0 Å². The molecule has 0 radical (unpaired) electrons. The van der Waals surface area contributed by atoms with Crippen LogP contribution in [0.4, 0.5) is 0 Å². The molecule has 2 aromatic carbocycles. The molecule has 0 aliphatic carbocycles. The van der Waals surface area contributed by atoms with Crippen molar-refractivity contribution >= 4 is 15.9 Å². The normalized spacial score (nSPS) is 12.0. The van der Waals surface area contributed by atoms with Crippen LogP contribution in [0.5, 0.6) is 11.5 Å². The van der Waals surface area contributed by atoms with Gasteiger partial charge in [0.2, 0.25) is 0 Å². The number of aliphatic hydroxyl groups is 1. The third-order valence-electron chi connectivity index (χ3n) is 3.66. The maximum atomic E-state index is 8.94. The first-order valence-corrected chi connectivity index (χ1v) is 8.92. The molecule has 0 bridgehead atoms. The van der Waals surface area contributed by atoms with Crippen molar-refractivity contribution in [2.24, 2.45) is 0 Å². The van der Waals surface area contributed by atoms with Gasteiger partial charge in [0, 0.05) is 17.1 Å². The fourth-order valence-corrected chi connectivity index (χ4v) is 2.83. The second-order valence-corrected chi connectivity index (χ2v) is 6.26. The van der Waals surface area contributed by atoms with E-state index in [9.17, 15) is 0 Å². The first-order chi connectivity index (χ1) is 11.7. The maximum absolute atomic E-state index is 8.94. The topological polar surface area (TPSA) is 50.7 Å². The Balaban J connectivity index is 2.10. The fourth-order valence-electron chi connectivity index (χ4n) is 2.37. The minimum absolute atomic E-state index is 0.0267. The van der Waals surface area contributed by atoms with E-state index in [1.54, 1.807) is 0 Å². The number of halogens is 1. The zero-order valence-corrected chi connectivity index (χ0v) is 15.7. The van der Waals surface area contributed by atoms with Gasteiger partial charge in [-0.1, -0.05) is 46.3 Å². The minimum atomic E-state index is -0.0267. The highest BCUT2D eigenvalue weighted by atomic mass is 79.9. The van der Waals surface area contributed by atoms with E-state index in [1.807, 2.05) is 37.3 Å². The Morgan fingerprint density at radius 3 is 2.50 bits per heavy atom. The number of nitrogens with one attached hydrogen (secondary N) is 1. The Labute approximate surface area is 151 Å². The number of aliphatic hydroxyl groups excluding tert-OH is 1. The monoisotopic (exact) mass is 393 g/mol. The second kappa shape index (κ2) is 9.67. The summed E-state index contributed by atoms with van der Waals surface area (Å²) < 4.78 is 12.2. The lowest BCUT2D eigenvalue weighted by molar-refractivity contribution is 0.194. The standard InChI is InChI=1S/C19H24BrNO3/c1-3-23-18-11-16(17(20)12-19(18)24-10-9-22)13-21-14(2)15-7-5-4-6-8-15/h4-8,11-12,14,21-22H,3,9-10,13H2,1-2H3/t14-/m0/s1. The van der Waals surface area contributed by atoms with Gasteiger partial charge in [-0.15, -0.1) is 0 Å². The summed E-state index contributed by atoms with van der Waals surface area (Å²) in [6.07, 6.45) is 0. The Bertz CT molecular complexity index is 634. The van der Waals surface area contributed by atoms with Crippen molar-refractivity contribution in [3.05, 3.63) is 58.1 Å². The Morgan fingerprint density at radius 1 is 1.12 bits per heavy atom. The quantitative estimate of drug-likeness (QED) is 0.673. The van der Waals surface area contributed by atoms with E-state index in [4.69, 9.17) is 14.6 Å². The number of hydrogen-bond donors (Lipinski definition) is 2. The Hall–Kier alpha value is -1.56. The van der Waals surface area contributed by atoms with Crippen molar-refractivity contribution in [3.8, 4) is 11.5 Å². The van der Waals surface area contributed by atoms with Gasteiger partial charge >= 0.3 is 0 Å². The van der Waals surface area contributed by atoms with Crippen molar-refractivity contribution in [2.45, 2.75) is 26.4 Å². The first-order valence-electron chi connectivity index (χ1n) is 8.13. The number of rotatable bonds is 9. The second-order valence-electron chi connectivity index (χ2n) is 5.41. The number of ether oxygens (including phenoxy) is 2. The molecule has 2 rings (SSSR count). The predicted molar refractivity (Wildman–Crippen MR) is 99.6 cm³/mol. The highest BCUT2D eigenvalue weighted by molar-refractivity contribution is 9.10. The summed E-state index contributed by atoms with van der Waals surface area (Å²) in [5, 5.41) is 12.5. The highest BCUT2D eigenvalue weighted by Crippen LogP contribution is 2.34. The highest BCUT2D eigenvalue weighted by Gasteiger charge is 2.12.